The summed E-state index contributed by atoms with van der Waals surface area (Å²) in [6.07, 6.45) is 3.22. The van der Waals surface area contributed by atoms with E-state index in [0.29, 0.717) is 0 Å². The van der Waals surface area contributed by atoms with Gasteiger partial charge in [0.1, 0.15) is 5.82 Å². The highest BCUT2D eigenvalue weighted by molar-refractivity contribution is 5.96. The number of aromatic amines is 1. The molecule has 1 aromatic carbocycles. The Hall–Kier alpha value is -1.88. The van der Waals surface area contributed by atoms with Gasteiger partial charge in [-0.25, -0.2) is 4.98 Å². The lowest BCUT2D eigenvalue weighted by Crippen LogP contribution is -2.32. The lowest BCUT2D eigenvalue weighted by molar-refractivity contribution is -0.117. The van der Waals surface area contributed by atoms with E-state index in [1.165, 1.54) is 0 Å². The molecule has 19 heavy (non-hydrogen) atoms. The number of nitrogens with zero attached hydrogens (tertiary/aromatic N) is 1. The number of nitrogens with two attached hydrogens (primary N) is 1. The van der Waals surface area contributed by atoms with E-state index in [-0.39, 0.29) is 5.91 Å². The van der Waals surface area contributed by atoms with Crippen molar-refractivity contribution < 1.29 is 4.79 Å². The van der Waals surface area contributed by atoms with Gasteiger partial charge in [-0.15, -0.1) is 0 Å². The van der Waals surface area contributed by atoms with E-state index >= 15 is 0 Å². The van der Waals surface area contributed by atoms with Gasteiger partial charge in [0.25, 0.3) is 0 Å². The fraction of sp³-hybridized carbons (Fsp3) is 0.429. The van der Waals surface area contributed by atoms with E-state index in [1.54, 1.807) is 6.92 Å². The summed E-state index contributed by atoms with van der Waals surface area (Å²) in [5.74, 6) is 0.803. The normalized spacial score (nSPS) is 12.6. The maximum Gasteiger partial charge on any atom is 0.240 e. The molecule has 1 aromatic heterocycles. The SMILES string of the molecule is CCCCc1nc2ccc(NC(=O)C(C)N)cc2[nH]1. The van der Waals surface area contributed by atoms with Crippen LogP contribution in [0.15, 0.2) is 18.2 Å². The molecule has 0 saturated carbocycles. The van der Waals surface area contributed by atoms with Gasteiger partial charge in [0.05, 0.1) is 17.1 Å². The minimum absolute atomic E-state index is 0.190. The Bertz CT molecular complexity index is 574. The van der Waals surface area contributed by atoms with E-state index < -0.39 is 6.04 Å². The van der Waals surface area contributed by atoms with Gasteiger partial charge >= 0.3 is 0 Å². The number of carbonyl (C=O) groups excluding carboxylic acids is 1. The number of benzene rings is 1. The molecule has 5 nitrogen and oxygen atoms in total. The topological polar surface area (TPSA) is 83.8 Å². The molecule has 1 atom stereocenters. The van der Waals surface area contributed by atoms with E-state index in [0.717, 1.165) is 41.8 Å². The van der Waals surface area contributed by atoms with Crippen molar-refractivity contribution in [3.8, 4) is 0 Å². The van der Waals surface area contributed by atoms with Crippen LogP contribution >= 0.6 is 0 Å². The monoisotopic (exact) mass is 260 g/mol. The molecule has 102 valence electrons. The zero-order valence-electron chi connectivity index (χ0n) is 11.4. The summed E-state index contributed by atoms with van der Waals surface area (Å²) >= 11 is 0. The van der Waals surface area contributed by atoms with Crippen molar-refractivity contribution in [2.24, 2.45) is 5.73 Å². The summed E-state index contributed by atoms with van der Waals surface area (Å²) in [5.41, 5.74) is 8.12. The molecule has 0 saturated heterocycles. The zero-order chi connectivity index (χ0) is 13.8. The molecule has 1 unspecified atom stereocenters. The van der Waals surface area contributed by atoms with Gasteiger partial charge in [-0.3, -0.25) is 4.79 Å². The largest absolute Gasteiger partial charge is 0.342 e. The van der Waals surface area contributed by atoms with Crippen molar-refractivity contribution in [2.45, 2.75) is 39.2 Å². The molecule has 0 bridgehead atoms. The Morgan fingerprint density at radius 1 is 1.53 bits per heavy atom. The number of aromatic nitrogens is 2. The van der Waals surface area contributed by atoms with Crippen LogP contribution in [0.2, 0.25) is 0 Å². The predicted octanol–water partition coefficient (Wildman–Crippen LogP) is 2.19. The van der Waals surface area contributed by atoms with Crippen molar-refractivity contribution in [3.63, 3.8) is 0 Å². The third-order valence-electron chi connectivity index (χ3n) is 2.98. The third kappa shape index (κ3) is 3.32. The molecule has 1 amide bonds. The lowest BCUT2D eigenvalue weighted by atomic mass is 10.2. The second-order valence-electron chi connectivity index (χ2n) is 4.80. The van der Waals surface area contributed by atoms with Crippen LogP contribution in [0.4, 0.5) is 5.69 Å². The Morgan fingerprint density at radius 3 is 3.00 bits per heavy atom. The Labute approximate surface area is 112 Å². The molecule has 5 heteroatoms. The van der Waals surface area contributed by atoms with Crippen molar-refractivity contribution in [1.29, 1.82) is 0 Å². The van der Waals surface area contributed by atoms with Gasteiger partial charge < -0.3 is 16.0 Å². The minimum Gasteiger partial charge on any atom is -0.342 e. The Balaban J connectivity index is 2.18. The summed E-state index contributed by atoms with van der Waals surface area (Å²) < 4.78 is 0. The minimum atomic E-state index is -0.516. The molecule has 0 aliphatic heterocycles. The predicted molar refractivity (Wildman–Crippen MR) is 77.0 cm³/mol. The molecule has 0 fully saturated rings. The summed E-state index contributed by atoms with van der Waals surface area (Å²) in [4.78, 5) is 19.3. The number of imidazole rings is 1. The molecule has 0 radical (unpaired) electrons. The molecule has 0 spiro atoms. The van der Waals surface area contributed by atoms with Crippen LogP contribution in [0.25, 0.3) is 11.0 Å². The fourth-order valence-electron chi connectivity index (χ4n) is 1.86. The van der Waals surface area contributed by atoms with Gasteiger partial charge in [-0.05, 0) is 31.5 Å². The third-order valence-corrected chi connectivity index (χ3v) is 2.98. The van der Waals surface area contributed by atoms with E-state index in [2.05, 4.69) is 22.2 Å². The summed E-state index contributed by atoms with van der Waals surface area (Å²) in [6.45, 7) is 3.82. The van der Waals surface area contributed by atoms with Gasteiger partial charge in [-0.2, -0.15) is 0 Å². The van der Waals surface area contributed by atoms with Crippen LogP contribution in [-0.4, -0.2) is 21.9 Å². The first kappa shape index (κ1) is 13.5. The number of anilines is 1. The molecule has 2 rings (SSSR count). The highest BCUT2D eigenvalue weighted by Gasteiger charge is 2.09. The summed E-state index contributed by atoms with van der Waals surface area (Å²) in [7, 11) is 0. The Morgan fingerprint density at radius 2 is 2.32 bits per heavy atom. The number of hydrogen-bond donors (Lipinski definition) is 3. The van der Waals surface area contributed by atoms with E-state index in [4.69, 9.17) is 5.73 Å². The highest BCUT2D eigenvalue weighted by Crippen LogP contribution is 2.18. The van der Waals surface area contributed by atoms with Crippen LogP contribution < -0.4 is 11.1 Å². The summed E-state index contributed by atoms with van der Waals surface area (Å²) in [6, 6.07) is 5.11. The number of unbranched alkanes of at least 4 members (excludes halogenated alkanes) is 1. The maximum atomic E-state index is 11.5. The lowest BCUT2D eigenvalue weighted by Gasteiger charge is -2.07. The molecule has 1 heterocycles. The first-order valence-corrected chi connectivity index (χ1v) is 6.65. The number of rotatable bonds is 5. The standard InChI is InChI=1S/C14H20N4O/c1-3-4-5-13-17-11-7-6-10(8-12(11)18-13)16-14(19)9(2)15/h6-9H,3-5,15H2,1-2H3,(H,16,19)(H,17,18). The average molecular weight is 260 g/mol. The van der Waals surface area contributed by atoms with Crippen molar-refractivity contribution in [1.82, 2.24) is 9.97 Å². The number of carbonyl (C=O) groups is 1. The molecule has 2 aromatic rings. The van der Waals surface area contributed by atoms with Crippen LogP contribution in [0.3, 0.4) is 0 Å². The van der Waals surface area contributed by atoms with Gasteiger partial charge in [0.2, 0.25) is 5.91 Å². The smallest absolute Gasteiger partial charge is 0.240 e. The molecule has 4 N–H and O–H groups in total. The number of fused-ring (bicyclic) bond motifs is 1. The first-order chi connectivity index (χ1) is 9.10. The van der Waals surface area contributed by atoms with Crippen molar-refractivity contribution in [2.75, 3.05) is 5.32 Å². The second-order valence-corrected chi connectivity index (χ2v) is 4.80. The van der Waals surface area contributed by atoms with Crippen LogP contribution in [0, 0.1) is 0 Å². The van der Waals surface area contributed by atoms with Gasteiger partial charge in [0.15, 0.2) is 0 Å². The molecular weight excluding hydrogens is 240 g/mol. The van der Waals surface area contributed by atoms with Crippen LogP contribution in [-0.2, 0) is 11.2 Å². The highest BCUT2D eigenvalue weighted by atomic mass is 16.2. The number of amides is 1. The fourth-order valence-corrected chi connectivity index (χ4v) is 1.86. The molecular formula is C14H20N4O. The molecule has 0 aliphatic rings. The van der Waals surface area contributed by atoms with Crippen LogP contribution in [0.1, 0.15) is 32.5 Å². The van der Waals surface area contributed by atoms with Crippen molar-refractivity contribution in [3.05, 3.63) is 24.0 Å². The molecule has 0 aliphatic carbocycles. The summed E-state index contributed by atoms with van der Waals surface area (Å²) in [5, 5.41) is 2.77. The van der Waals surface area contributed by atoms with E-state index in [1.807, 2.05) is 18.2 Å². The number of H-pyrrole nitrogens is 1. The van der Waals surface area contributed by atoms with Crippen molar-refractivity contribution >= 4 is 22.6 Å². The van der Waals surface area contributed by atoms with Gasteiger partial charge in [0, 0.05) is 12.1 Å². The number of hydrogen-bond acceptors (Lipinski definition) is 3. The quantitative estimate of drug-likeness (QED) is 0.770. The average Bonchev–Trinajstić information content (AvgIpc) is 2.78. The number of nitrogens with one attached hydrogen (secondary N) is 2. The second kappa shape index (κ2) is 5.84. The zero-order valence-corrected chi connectivity index (χ0v) is 11.4. The van der Waals surface area contributed by atoms with Gasteiger partial charge in [-0.1, -0.05) is 13.3 Å². The van der Waals surface area contributed by atoms with Crippen LogP contribution in [0.5, 0.6) is 0 Å². The Kier molecular flexibility index (Phi) is 4.16. The number of aryl methyl sites for hydroxylation is 1. The maximum absolute atomic E-state index is 11.5. The first-order valence-electron chi connectivity index (χ1n) is 6.65. The van der Waals surface area contributed by atoms with E-state index in [9.17, 15) is 4.79 Å².